The Morgan fingerprint density at radius 3 is 2.58 bits per heavy atom. The topological polar surface area (TPSA) is 78.8 Å². The average molecular weight is 353 g/mol. The van der Waals surface area contributed by atoms with Crippen LogP contribution in [0.5, 0.6) is 5.75 Å². The first-order chi connectivity index (χ1) is 12.6. The molecule has 0 aliphatic heterocycles. The summed E-state index contributed by atoms with van der Waals surface area (Å²) in [5.74, 6) is -2.12. The third kappa shape index (κ3) is 3.00. The van der Waals surface area contributed by atoms with Crippen molar-refractivity contribution in [2.75, 3.05) is 5.32 Å². The van der Waals surface area contributed by atoms with E-state index in [-0.39, 0.29) is 5.69 Å². The summed E-state index contributed by atoms with van der Waals surface area (Å²) < 4.78 is 28.9. The first kappa shape index (κ1) is 15.8. The lowest BCUT2D eigenvalue weighted by molar-refractivity contribution is 0.427. The number of nitrogens with one attached hydrogen (secondary N) is 2. The zero-order valence-corrected chi connectivity index (χ0v) is 13.3. The van der Waals surface area contributed by atoms with E-state index < -0.39 is 17.4 Å². The number of phenolic OH excluding ortho intramolecular Hbond substituents is 1. The van der Waals surface area contributed by atoms with Crippen molar-refractivity contribution >= 4 is 11.5 Å². The van der Waals surface area contributed by atoms with E-state index in [0.717, 1.165) is 17.3 Å². The Labute approximate surface area is 146 Å². The number of aromatic nitrogens is 4. The Morgan fingerprint density at radius 1 is 1.04 bits per heavy atom. The molecule has 4 rings (SSSR count). The van der Waals surface area contributed by atoms with E-state index in [1.807, 2.05) is 36.5 Å². The molecule has 0 amide bonds. The van der Waals surface area contributed by atoms with E-state index >= 15 is 0 Å². The van der Waals surface area contributed by atoms with Gasteiger partial charge in [0.2, 0.25) is 0 Å². The van der Waals surface area contributed by atoms with Crippen molar-refractivity contribution in [1.29, 1.82) is 0 Å². The summed E-state index contributed by atoms with van der Waals surface area (Å²) in [6.45, 7) is 0. The number of aromatic amines is 1. The maximum Gasteiger partial charge on any atom is 0.167 e. The number of benzene rings is 2. The molecule has 0 saturated heterocycles. The van der Waals surface area contributed by atoms with E-state index in [2.05, 4.69) is 20.6 Å². The molecule has 130 valence electrons. The molecule has 0 saturated carbocycles. The van der Waals surface area contributed by atoms with Gasteiger partial charge in [-0.25, -0.2) is 13.5 Å². The van der Waals surface area contributed by atoms with E-state index in [1.54, 1.807) is 16.9 Å². The molecule has 0 spiro atoms. The molecule has 3 N–H and O–H groups in total. The minimum atomic E-state index is -0.918. The highest BCUT2D eigenvalue weighted by atomic mass is 19.1. The Morgan fingerprint density at radius 2 is 1.85 bits per heavy atom. The fourth-order valence-electron chi connectivity index (χ4n) is 2.52. The molecule has 0 aliphatic carbocycles. The van der Waals surface area contributed by atoms with E-state index in [4.69, 9.17) is 5.11 Å². The van der Waals surface area contributed by atoms with Gasteiger partial charge < -0.3 is 10.4 Å². The third-order valence-corrected chi connectivity index (χ3v) is 3.82. The summed E-state index contributed by atoms with van der Waals surface area (Å²) in [6, 6.07) is 12.7. The van der Waals surface area contributed by atoms with Crippen molar-refractivity contribution in [1.82, 2.24) is 20.0 Å². The Kier molecular flexibility index (Phi) is 3.85. The molecule has 4 aromatic rings. The Bertz CT molecular complexity index is 1040. The quantitative estimate of drug-likeness (QED) is 0.485. The smallest absolute Gasteiger partial charge is 0.167 e. The van der Waals surface area contributed by atoms with Crippen LogP contribution in [0.2, 0.25) is 0 Å². The van der Waals surface area contributed by atoms with Gasteiger partial charge in [0.05, 0.1) is 17.1 Å². The molecule has 0 radical (unpaired) electrons. The predicted octanol–water partition coefficient (Wildman–Crippen LogP) is 3.99. The molecule has 0 atom stereocenters. The standard InChI is InChI=1S/C18H13F2N5O/c19-13-9-17(26)14(20)8-16(13)22-18-10-15(23-24-18)11-2-4-12(5-3-11)25-7-1-6-21-25/h1-10,26H,(H2,22,23,24). The molecule has 0 bridgehead atoms. The first-order valence-corrected chi connectivity index (χ1v) is 7.71. The lowest BCUT2D eigenvalue weighted by atomic mass is 10.1. The highest BCUT2D eigenvalue weighted by Crippen LogP contribution is 2.27. The van der Waals surface area contributed by atoms with Crippen LogP contribution < -0.4 is 5.32 Å². The third-order valence-electron chi connectivity index (χ3n) is 3.82. The summed E-state index contributed by atoms with van der Waals surface area (Å²) in [7, 11) is 0. The summed E-state index contributed by atoms with van der Waals surface area (Å²) in [4.78, 5) is 0. The van der Waals surface area contributed by atoms with Gasteiger partial charge in [-0.15, -0.1) is 0 Å². The van der Waals surface area contributed by atoms with Gasteiger partial charge in [-0.1, -0.05) is 12.1 Å². The molecule has 8 heteroatoms. The molecular weight excluding hydrogens is 340 g/mol. The number of H-pyrrole nitrogens is 1. The van der Waals surface area contributed by atoms with Crippen LogP contribution in [0, 0.1) is 11.6 Å². The zero-order chi connectivity index (χ0) is 18.1. The second-order valence-electron chi connectivity index (χ2n) is 5.57. The largest absolute Gasteiger partial charge is 0.505 e. The summed E-state index contributed by atoms with van der Waals surface area (Å²) in [5, 5.41) is 22.9. The van der Waals surface area contributed by atoms with Crippen LogP contribution in [0.15, 0.2) is 60.9 Å². The predicted molar refractivity (Wildman–Crippen MR) is 92.5 cm³/mol. The fourth-order valence-corrected chi connectivity index (χ4v) is 2.52. The van der Waals surface area contributed by atoms with Gasteiger partial charge in [0.25, 0.3) is 0 Å². The zero-order valence-electron chi connectivity index (χ0n) is 13.3. The van der Waals surface area contributed by atoms with Gasteiger partial charge in [0.1, 0.15) is 0 Å². The second kappa shape index (κ2) is 6.32. The van der Waals surface area contributed by atoms with Crippen LogP contribution in [-0.4, -0.2) is 25.1 Å². The molecule has 26 heavy (non-hydrogen) atoms. The number of hydrogen-bond donors (Lipinski definition) is 3. The highest BCUT2D eigenvalue weighted by molar-refractivity contribution is 5.67. The molecule has 0 aliphatic rings. The lowest BCUT2D eigenvalue weighted by Crippen LogP contribution is -1.95. The number of hydrogen-bond acceptors (Lipinski definition) is 4. The van der Waals surface area contributed by atoms with E-state index in [1.165, 1.54) is 0 Å². The summed E-state index contributed by atoms with van der Waals surface area (Å²) in [6.07, 6.45) is 3.55. The van der Waals surface area contributed by atoms with Gasteiger partial charge in [0.15, 0.2) is 23.2 Å². The highest BCUT2D eigenvalue weighted by Gasteiger charge is 2.11. The van der Waals surface area contributed by atoms with E-state index in [9.17, 15) is 8.78 Å². The monoisotopic (exact) mass is 353 g/mol. The molecule has 2 heterocycles. The van der Waals surface area contributed by atoms with E-state index in [0.29, 0.717) is 17.6 Å². The Hall–Kier alpha value is -3.68. The first-order valence-electron chi connectivity index (χ1n) is 7.71. The van der Waals surface area contributed by atoms with Crippen LogP contribution in [-0.2, 0) is 0 Å². The SMILES string of the molecule is Oc1cc(F)c(Nc2cc(-c3ccc(-n4cccn4)cc3)[nH]n2)cc1F. The van der Waals surface area contributed by atoms with Gasteiger partial charge >= 0.3 is 0 Å². The van der Waals surface area contributed by atoms with Crippen molar-refractivity contribution in [3.05, 3.63) is 72.6 Å². The minimum absolute atomic E-state index is 0.118. The number of nitrogens with zero attached hydrogens (tertiary/aromatic N) is 3. The van der Waals surface area contributed by atoms with Crippen LogP contribution in [0.1, 0.15) is 0 Å². The maximum absolute atomic E-state index is 13.8. The van der Waals surface area contributed by atoms with Gasteiger partial charge in [-0.3, -0.25) is 5.10 Å². The van der Waals surface area contributed by atoms with Gasteiger partial charge in [0, 0.05) is 30.6 Å². The normalized spacial score (nSPS) is 10.8. The van der Waals surface area contributed by atoms with Crippen molar-refractivity contribution in [3.63, 3.8) is 0 Å². The lowest BCUT2D eigenvalue weighted by Gasteiger charge is -2.05. The fraction of sp³-hybridized carbons (Fsp3) is 0. The van der Waals surface area contributed by atoms with Crippen molar-refractivity contribution in [2.45, 2.75) is 0 Å². The summed E-state index contributed by atoms with van der Waals surface area (Å²) in [5.41, 5.74) is 2.38. The van der Waals surface area contributed by atoms with Crippen LogP contribution in [0.25, 0.3) is 16.9 Å². The number of rotatable bonds is 4. The molecule has 2 aromatic carbocycles. The van der Waals surface area contributed by atoms with Gasteiger partial charge in [-0.2, -0.15) is 10.2 Å². The number of phenols is 1. The molecule has 0 fully saturated rings. The second-order valence-corrected chi connectivity index (χ2v) is 5.57. The van der Waals surface area contributed by atoms with Crippen molar-refractivity contribution in [3.8, 4) is 22.7 Å². The summed E-state index contributed by atoms with van der Waals surface area (Å²) >= 11 is 0. The minimum Gasteiger partial charge on any atom is -0.505 e. The van der Waals surface area contributed by atoms with Crippen molar-refractivity contribution in [2.24, 2.45) is 0 Å². The molecule has 6 nitrogen and oxygen atoms in total. The van der Waals surface area contributed by atoms with Crippen LogP contribution in [0.4, 0.5) is 20.3 Å². The van der Waals surface area contributed by atoms with Crippen LogP contribution in [0.3, 0.4) is 0 Å². The van der Waals surface area contributed by atoms with Crippen molar-refractivity contribution < 1.29 is 13.9 Å². The molecule has 2 aromatic heterocycles. The number of halogens is 2. The van der Waals surface area contributed by atoms with Crippen LogP contribution >= 0.6 is 0 Å². The molecular formula is C18H13F2N5O. The van der Waals surface area contributed by atoms with Gasteiger partial charge in [-0.05, 0) is 23.8 Å². The average Bonchev–Trinajstić information content (AvgIpc) is 3.32. The maximum atomic E-state index is 13.8. The Balaban J connectivity index is 1.56. The number of aromatic hydroxyl groups is 1. The molecule has 0 unspecified atom stereocenters. The number of anilines is 2.